The van der Waals surface area contributed by atoms with E-state index in [-0.39, 0.29) is 77.9 Å². The first-order valence-corrected chi connectivity index (χ1v) is 28.4. The quantitative estimate of drug-likeness (QED) is 0.0913. The summed E-state index contributed by atoms with van der Waals surface area (Å²) in [7, 11) is 0. The van der Waals surface area contributed by atoms with E-state index in [1.807, 2.05) is 20.4 Å². The van der Waals surface area contributed by atoms with Crippen LogP contribution >= 0.6 is 0 Å². The largest absolute Gasteiger partial charge is 0.381 e. The van der Waals surface area contributed by atoms with E-state index in [4.69, 9.17) is 9.97 Å². The van der Waals surface area contributed by atoms with E-state index < -0.39 is 23.3 Å². The van der Waals surface area contributed by atoms with E-state index in [0.29, 0.717) is 68.7 Å². The highest BCUT2D eigenvalue weighted by Gasteiger charge is 2.56. The van der Waals surface area contributed by atoms with Crippen molar-refractivity contribution in [3.8, 4) is 11.3 Å². The molecule has 78 heavy (non-hydrogen) atoms. The number of nitrogens with zero attached hydrogens (tertiary/aromatic N) is 8. The highest BCUT2D eigenvalue weighted by molar-refractivity contribution is 6.10. The summed E-state index contributed by atoms with van der Waals surface area (Å²) in [6.45, 7) is 8.22. The number of hydrogen-bond acceptors (Lipinski definition) is 12. The van der Waals surface area contributed by atoms with Gasteiger partial charge in [-0.2, -0.15) is 0 Å². The topological polar surface area (TPSA) is 207 Å². The summed E-state index contributed by atoms with van der Waals surface area (Å²) in [4.78, 5) is 103. The number of piperidine rings is 3. The predicted octanol–water partition coefficient (Wildman–Crippen LogP) is 7.24. The van der Waals surface area contributed by atoms with Gasteiger partial charge in [0.1, 0.15) is 23.1 Å². The molecule has 3 aromatic heterocycles. The minimum atomic E-state index is -0.782. The SMILES string of the molecule is CC(C)n1cnc2cc(-c3ccc4c(c3)N(C3CC(N5CCCCC5)C3)C(=O)C43CCN(C(=O)[C@@H]4CCN(C(=O)C5CCC(Nc6ccc(C(=O)N[C@@H]7CCC(=O)NC7=O)nc6)CC5)C4)CC3)nc(Nc3ccccc3F)c21. The highest BCUT2D eigenvalue weighted by Crippen LogP contribution is 2.52. The van der Waals surface area contributed by atoms with Gasteiger partial charge in [-0.1, -0.05) is 30.7 Å². The summed E-state index contributed by atoms with van der Waals surface area (Å²) in [5.74, 6) is -1.37. The zero-order valence-electron chi connectivity index (χ0n) is 44.5. The second-order valence-corrected chi connectivity index (χ2v) is 23.1. The number of likely N-dealkylation sites (tertiary alicyclic amines) is 3. The highest BCUT2D eigenvalue weighted by atomic mass is 19.1. The van der Waals surface area contributed by atoms with Crippen molar-refractivity contribution in [2.75, 3.05) is 54.8 Å². The van der Waals surface area contributed by atoms with Crippen molar-refractivity contribution in [1.82, 2.24) is 44.9 Å². The number of imide groups is 1. The van der Waals surface area contributed by atoms with Gasteiger partial charge >= 0.3 is 0 Å². The van der Waals surface area contributed by atoms with E-state index in [9.17, 15) is 24.0 Å². The molecule has 4 saturated heterocycles. The monoisotopic (exact) mass is 1060 g/mol. The number of rotatable bonds is 12. The van der Waals surface area contributed by atoms with Gasteiger partial charge in [0.2, 0.25) is 29.5 Å². The molecule has 6 fully saturated rings. The molecule has 4 N–H and O–H groups in total. The molecule has 408 valence electrons. The van der Waals surface area contributed by atoms with Crippen LogP contribution in [0.15, 0.2) is 73.2 Å². The van der Waals surface area contributed by atoms with Crippen LogP contribution in [0.5, 0.6) is 0 Å². The number of halogens is 1. The first-order valence-electron chi connectivity index (χ1n) is 28.4. The lowest BCUT2D eigenvalue weighted by molar-refractivity contribution is -0.140. The number of pyridine rings is 2. The number of fused-ring (bicyclic) bond motifs is 3. The maximum absolute atomic E-state index is 15.3. The Morgan fingerprint density at radius 1 is 0.795 bits per heavy atom. The molecule has 19 heteroatoms. The average Bonchev–Trinajstić information content (AvgIpc) is 4.26. The Morgan fingerprint density at radius 2 is 1.56 bits per heavy atom. The number of aromatic nitrogens is 4. The number of benzene rings is 2. The smallest absolute Gasteiger partial charge is 0.270 e. The molecular weight excluding hydrogens is 992 g/mol. The molecule has 7 aliphatic rings. The molecular formula is C59H69FN12O6. The molecule has 5 aliphatic heterocycles. The summed E-state index contributed by atoms with van der Waals surface area (Å²) in [6.07, 6.45) is 14.0. The van der Waals surface area contributed by atoms with E-state index >= 15 is 9.18 Å². The van der Waals surface area contributed by atoms with Gasteiger partial charge in [0.15, 0.2) is 5.82 Å². The molecule has 2 saturated carbocycles. The van der Waals surface area contributed by atoms with Crippen molar-refractivity contribution >= 4 is 69.4 Å². The predicted molar refractivity (Wildman–Crippen MR) is 292 cm³/mol. The van der Waals surface area contributed by atoms with Gasteiger partial charge in [-0.25, -0.2) is 19.3 Å². The van der Waals surface area contributed by atoms with Crippen molar-refractivity contribution in [3.05, 3.63) is 90.3 Å². The number of anilines is 4. The van der Waals surface area contributed by atoms with Gasteiger partial charge in [0, 0.05) is 73.9 Å². The Balaban J connectivity index is 0.695. The second kappa shape index (κ2) is 21.2. The number of hydrogen-bond donors (Lipinski definition) is 4. The van der Waals surface area contributed by atoms with Crippen molar-refractivity contribution in [1.29, 1.82) is 0 Å². The molecule has 1 spiro atoms. The molecule has 6 amide bonds. The Bertz CT molecular complexity index is 3150. The van der Waals surface area contributed by atoms with Crippen LogP contribution in [0.4, 0.5) is 27.3 Å². The van der Waals surface area contributed by atoms with Gasteiger partial charge in [-0.05, 0) is 146 Å². The Morgan fingerprint density at radius 3 is 2.29 bits per heavy atom. The van der Waals surface area contributed by atoms with Gasteiger partial charge in [0.05, 0.1) is 46.4 Å². The van der Waals surface area contributed by atoms with Crippen LogP contribution in [0.1, 0.15) is 126 Å². The fourth-order valence-electron chi connectivity index (χ4n) is 13.5. The number of imidazole rings is 1. The lowest BCUT2D eigenvalue weighted by Crippen LogP contribution is -2.58. The minimum Gasteiger partial charge on any atom is -0.381 e. The Hall–Kier alpha value is -7.28. The van der Waals surface area contributed by atoms with E-state index in [0.717, 1.165) is 85.1 Å². The first-order chi connectivity index (χ1) is 37.8. The standard InChI is InChI=1S/C59H69FN12O6/c1-35(2)71-34-62-49-31-48(65-53(52(49)71)64-45-9-5-4-8-44(45)60)37-12-16-43-50(28-37)72(42-29-41(30-42)68-23-6-3-7-24-68)58(78)59(43)21-26-69(27-22-59)57(77)38-20-25-70(33-38)56(76)36-10-13-39(14-11-36)63-40-15-17-46(61-32-40)54(74)66-47-18-19-51(73)67-55(47)75/h4-5,8-9,12,15-17,28,31-32,34-36,38-39,41-42,47,63H,3,6-7,10-11,13-14,18-27,29-30,33H2,1-2H3,(H,64,65)(H,66,74)(H,67,73,75)/t36?,38-,39?,41?,42?,47-/m1/s1. The zero-order valence-corrected chi connectivity index (χ0v) is 44.5. The fraction of sp³-hybridized carbons (Fsp3) is 0.508. The number of nitrogens with one attached hydrogen (secondary N) is 4. The molecule has 5 aromatic rings. The molecule has 18 nitrogen and oxygen atoms in total. The van der Waals surface area contributed by atoms with Crippen molar-refractivity contribution in [2.24, 2.45) is 11.8 Å². The van der Waals surface area contributed by atoms with E-state index in [1.54, 1.807) is 42.9 Å². The van der Waals surface area contributed by atoms with E-state index in [2.05, 4.69) is 68.1 Å². The zero-order chi connectivity index (χ0) is 53.8. The molecule has 2 atom stereocenters. The lowest BCUT2D eigenvalue weighted by atomic mass is 9.73. The summed E-state index contributed by atoms with van der Waals surface area (Å²) in [6, 6.07) is 18.1. The van der Waals surface area contributed by atoms with Gasteiger partial charge in [-0.15, -0.1) is 0 Å². The summed E-state index contributed by atoms with van der Waals surface area (Å²) >= 11 is 0. The maximum Gasteiger partial charge on any atom is 0.270 e. The third-order valence-electron chi connectivity index (χ3n) is 18.1. The number of carbonyl (C=O) groups is 6. The third-order valence-corrected chi connectivity index (χ3v) is 18.1. The van der Waals surface area contributed by atoms with Crippen LogP contribution in [-0.2, 0) is 29.4 Å². The average molecular weight is 1060 g/mol. The lowest BCUT2D eigenvalue weighted by Gasteiger charge is -2.48. The third kappa shape index (κ3) is 9.76. The molecule has 0 bridgehead atoms. The van der Waals surface area contributed by atoms with E-state index in [1.165, 1.54) is 25.3 Å². The normalized spacial score (nSPS) is 25.3. The van der Waals surface area contributed by atoms with Crippen molar-refractivity contribution < 1.29 is 33.2 Å². The second-order valence-electron chi connectivity index (χ2n) is 23.1. The molecule has 0 radical (unpaired) electrons. The Kier molecular flexibility index (Phi) is 14.0. The Labute approximate surface area is 453 Å². The minimum absolute atomic E-state index is 0.0588. The molecule has 12 rings (SSSR count). The summed E-state index contributed by atoms with van der Waals surface area (Å²) in [5.41, 5.74) is 5.39. The fourth-order valence-corrected chi connectivity index (χ4v) is 13.5. The first kappa shape index (κ1) is 51.5. The molecule has 0 unspecified atom stereocenters. The molecule has 2 aliphatic carbocycles. The summed E-state index contributed by atoms with van der Waals surface area (Å²) < 4.78 is 17.2. The van der Waals surface area contributed by atoms with Crippen LogP contribution in [0.3, 0.4) is 0 Å². The van der Waals surface area contributed by atoms with Crippen LogP contribution in [-0.4, -0.2) is 133 Å². The summed E-state index contributed by atoms with van der Waals surface area (Å²) in [5, 5.41) is 11.7. The van der Waals surface area contributed by atoms with Crippen LogP contribution < -0.4 is 26.2 Å². The van der Waals surface area contributed by atoms with Crippen LogP contribution in [0.2, 0.25) is 0 Å². The van der Waals surface area contributed by atoms with Gasteiger partial charge in [0.25, 0.3) is 5.91 Å². The van der Waals surface area contributed by atoms with Gasteiger partial charge < -0.3 is 40.1 Å². The van der Waals surface area contributed by atoms with Crippen LogP contribution in [0.25, 0.3) is 22.3 Å². The maximum atomic E-state index is 15.3. The van der Waals surface area contributed by atoms with Crippen molar-refractivity contribution in [3.63, 3.8) is 0 Å². The van der Waals surface area contributed by atoms with Crippen LogP contribution in [0, 0.1) is 17.7 Å². The number of para-hydroxylation sites is 1. The molecule has 2 aromatic carbocycles. The number of amides is 6. The van der Waals surface area contributed by atoms with Gasteiger partial charge in [-0.3, -0.25) is 34.1 Å². The number of carbonyl (C=O) groups excluding carboxylic acids is 6. The van der Waals surface area contributed by atoms with Crippen molar-refractivity contribution in [2.45, 2.75) is 139 Å². The molecule has 8 heterocycles.